The van der Waals surface area contributed by atoms with E-state index in [9.17, 15) is 14.4 Å². The number of hydrogen-bond acceptors (Lipinski definition) is 6. The fraction of sp³-hybridized carbons (Fsp3) is 0.708. The zero-order valence-electron chi connectivity index (χ0n) is 46.5. The molecule has 0 aromatic carbocycles. The van der Waals surface area contributed by atoms with Crippen molar-refractivity contribution in [3.8, 4) is 0 Å². The molecule has 0 rings (SSSR count). The largest absolute Gasteiger partial charge is 0.462 e. The summed E-state index contributed by atoms with van der Waals surface area (Å²) >= 11 is 0. The van der Waals surface area contributed by atoms with E-state index in [4.69, 9.17) is 14.2 Å². The predicted octanol–water partition coefficient (Wildman–Crippen LogP) is 20.1. The molecular weight excluding hydrogens is 877 g/mol. The summed E-state index contributed by atoms with van der Waals surface area (Å²) in [6.45, 7) is 6.49. The number of carbonyl (C=O) groups is 3. The molecule has 0 aliphatic rings. The molecule has 0 fully saturated rings. The SMILES string of the molecule is CC/C=C\C/C=C\C/C=C\C/C=C\C/C=C\C/C=C\C/C=C\CCCCCC(=O)OCC(COC(=O)CCCCCCC/C=C\CCCCCC)OC(=O)CCCCCCCCCCCCCCCCC. The molecule has 71 heavy (non-hydrogen) atoms. The lowest BCUT2D eigenvalue weighted by Crippen LogP contribution is -2.30. The third kappa shape index (κ3) is 57.1. The zero-order valence-corrected chi connectivity index (χ0v) is 46.5. The van der Waals surface area contributed by atoms with Gasteiger partial charge in [0.15, 0.2) is 6.10 Å². The number of esters is 3. The molecule has 0 radical (unpaired) electrons. The molecule has 0 spiro atoms. The van der Waals surface area contributed by atoms with Crippen LogP contribution in [0.15, 0.2) is 97.2 Å². The topological polar surface area (TPSA) is 78.9 Å². The number of carbonyl (C=O) groups excluding carboxylic acids is 3. The zero-order chi connectivity index (χ0) is 51.4. The molecule has 0 heterocycles. The lowest BCUT2D eigenvalue weighted by Gasteiger charge is -2.18. The normalized spacial score (nSPS) is 12.8. The van der Waals surface area contributed by atoms with Crippen LogP contribution in [0.1, 0.15) is 278 Å². The van der Waals surface area contributed by atoms with Gasteiger partial charge in [0.25, 0.3) is 0 Å². The molecular formula is C65H110O6. The van der Waals surface area contributed by atoms with E-state index in [2.05, 4.69) is 118 Å². The second-order valence-electron chi connectivity index (χ2n) is 19.5. The number of rotatable bonds is 53. The molecule has 0 bridgehead atoms. The first-order valence-electron chi connectivity index (χ1n) is 29.7. The van der Waals surface area contributed by atoms with Crippen molar-refractivity contribution in [3.05, 3.63) is 97.2 Å². The number of allylic oxidation sites excluding steroid dienone is 16. The van der Waals surface area contributed by atoms with Gasteiger partial charge < -0.3 is 14.2 Å². The molecule has 0 amide bonds. The summed E-state index contributed by atoms with van der Waals surface area (Å²) in [6, 6.07) is 0. The van der Waals surface area contributed by atoms with E-state index in [0.717, 1.165) is 116 Å². The fourth-order valence-corrected chi connectivity index (χ4v) is 8.12. The Morgan fingerprint density at radius 3 is 0.901 bits per heavy atom. The third-order valence-corrected chi connectivity index (χ3v) is 12.6. The molecule has 0 aliphatic carbocycles. The lowest BCUT2D eigenvalue weighted by molar-refractivity contribution is -0.167. The van der Waals surface area contributed by atoms with E-state index in [0.29, 0.717) is 19.3 Å². The molecule has 6 heteroatoms. The molecule has 6 nitrogen and oxygen atoms in total. The van der Waals surface area contributed by atoms with Crippen molar-refractivity contribution in [1.82, 2.24) is 0 Å². The summed E-state index contributed by atoms with van der Waals surface area (Å²) in [7, 11) is 0. The molecule has 0 aliphatic heterocycles. The minimum Gasteiger partial charge on any atom is -0.462 e. The van der Waals surface area contributed by atoms with Crippen molar-refractivity contribution in [3.63, 3.8) is 0 Å². The quantitative estimate of drug-likeness (QED) is 0.0261. The van der Waals surface area contributed by atoms with Gasteiger partial charge in [0.1, 0.15) is 13.2 Å². The molecule has 0 saturated carbocycles. The maximum absolute atomic E-state index is 12.9. The van der Waals surface area contributed by atoms with Crippen molar-refractivity contribution in [2.45, 2.75) is 284 Å². The highest BCUT2D eigenvalue weighted by Crippen LogP contribution is 2.15. The van der Waals surface area contributed by atoms with Gasteiger partial charge >= 0.3 is 17.9 Å². The monoisotopic (exact) mass is 987 g/mol. The maximum Gasteiger partial charge on any atom is 0.306 e. The van der Waals surface area contributed by atoms with Crippen molar-refractivity contribution in [2.24, 2.45) is 0 Å². The smallest absolute Gasteiger partial charge is 0.306 e. The van der Waals surface area contributed by atoms with Crippen LogP contribution < -0.4 is 0 Å². The van der Waals surface area contributed by atoms with Crippen LogP contribution in [0.5, 0.6) is 0 Å². The molecule has 0 N–H and O–H groups in total. The second kappa shape index (κ2) is 58.9. The fourth-order valence-electron chi connectivity index (χ4n) is 8.12. The van der Waals surface area contributed by atoms with Crippen LogP contribution in [0.2, 0.25) is 0 Å². The first kappa shape index (κ1) is 67.3. The predicted molar refractivity (Wildman–Crippen MR) is 307 cm³/mol. The van der Waals surface area contributed by atoms with Gasteiger partial charge in [-0.05, 0) is 103 Å². The van der Waals surface area contributed by atoms with Crippen LogP contribution in [-0.4, -0.2) is 37.2 Å². The summed E-state index contributed by atoms with van der Waals surface area (Å²) in [5, 5.41) is 0. The highest BCUT2D eigenvalue weighted by molar-refractivity contribution is 5.71. The molecule has 1 unspecified atom stereocenters. The van der Waals surface area contributed by atoms with Crippen molar-refractivity contribution >= 4 is 17.9 Å². The summed E-state index contributed by atoms with van der Waals surface area (Å²) < 4.78 is 16.8. The van der Waals surface area contributed by atoms with E-state index in [-0.39, 0.29) is 31.1 Å². The Balaban J connectivity index is 4.41. The van der Waals surface area contributed by atoms with Crippen molar-refractivity contribution < 1.29 is 28.6 Å². The average Bonchev–Trinajstić information content (AvgIpc) is 3.37. The molecule has 0 aromatic heterocycles. The van der Waals surface area contributed by atoms with Gasteiger partial charge in [-0.1, -0.05) is 253 Å². The number of unbranched alkanes of at least 4 members (excludes halogenated alkanes) is 26. The Hall–Kier alpha value is -3.67. The van der Waals surface area contributed by atoms with Crippen molar-refractivity contribution in [2.75, 3.05) is 13.2 Å². The summed E-state index contributed by atoms with van der Waals surface area (Å²) in [5.74, 6) is -0.926. The molecule has 0 saturated heterocycles. The number of ether oxygens (including phenoxy) is 3. The number of hydrogen-bond donors (Lipinski definition) is 0. The van der Waals surface area contributed by atoms with Crippen LogP contribution >= 0.6 is 0 Å². The van der Waals surface area contributed by atoms with Crippen LogP contribution in [0, 0.1) is 0 Å². The first-order valence-corrected chi connectivity index (χ1v) is 29.7. The van der Waals surface area contributed by atoms with E-state index < -0.39 is 6.10 Å². The second-order valence-corrected chi connectivity index (χ2v) is 19.5. The highest BCUT2D eigenvalue weighted by Gasteiger charge is 2.19. The molecule has 0 aromatic rings. The standard InChI is InChI=1S/C65H110O6/c1-4-7-10-13-16-19-22-25-27-28-29-30-31-32-33-34-35-36-38-40-43-46-49-52-55-58-64(67)70-61-62(60-69-63(66)57-54-51-48-45-42-39-24-21-18-15-12-9-6-3)71-65(68)59-56-53-50-47-44-41-37-26-23-20-17-14-11-8-5-2/h7,10,16,19,21,24-25,27,29-30,32-33,35-36,40,43,62H,4-6,8-9,11-15,17-18,20,22-23,26,28,31,34,37-39,41-42,44-61H2,1-3H3/b10-7-,19-16-,24-21-,27-25-,30-29-,33-32-,36-35-,43-40-. The van der Waals surface area contributed by atoms with E-state index in [1.165, 1.54) is 122 Å². The van der Waals surface area contributed by atoms with Crippen molar-refractivity contribution in [1.29, 1.82) is 0 Å². The van der Waals surface area contributed by atoms with Crippen LogP contribution in [0.4, 0.5) is 0 Å². The Morgan fingerprint density at radius 1 is 0.296 bits per heavy atom. The Kier molecular flexibility index (Phi) is 55.9. The molecule has 406 valence electrons. The Bertz CT molecular complexity index is 1410. The van der Waals surface area contributed by atoms with E-state index in [1.807, 2.05) is 0 Å². The van der Waals surface area contributed by atoms with Crippen LogP contribution in [0.25, 0.3) is 0 Å². The third-order valence-electron chi connectivity index (χ3n) is 12.6. The minimum absolute atomic E-state index is 0.0909. The maximum atomic E-state index is 12.9. The average molecular weight is 988 g/mol. The Labute approximate surface area is 438 Å². The van der Waals surface area contributed by atoms with E-state index >= 15 is 0 Å². The van der Waals surface area contributed by atoms with Gasteiger partial charge in [0.05, 0.1) is 0 Å². The molecule has 1 atom stereocenters. The van der Waals surface area contributed by atoms with Gasteiger partial charge in [-0.25, -0.2) is 0 Å². The summed E-state index contributed by atoms with van der Waals surface area (Å²) in [6.07, 6.45) is 78.3. The van der Waals surface area contributed by atoms with Crippen LogP contribution in [0.3, 0.4) is 0 Å². The minimum atomic E-state index is -0.794. The van der Waals surface area contributed by atoms with Crippen LogP contribution in [-0.2, 0) is 28.6 Å². The van der Waals surface area contributed by atoms with Gasteiger partial charge in [-0.3, -0.25) is 14.4 Å². The van der Waals surface area contributed by atoms with Gasteiger partial charge in [0, 0.05) is 19.3 Å². The Morgan fingerprint density at radius 2 is 0.549 bits per heavy atom. The summed E-state index contributed by atoms with van der Waals surface area (Å²) in [5.41, 5.74) is 0. The first-order chi connectivity index (χ1) is 35.0. The highest BCUT2D eigenvalue weighted by atomic mass is 16.6. The van der Waals surface area contributed by atoms with Gasteiger partial charge in [0.2, 0.25) is 0 Å². The van der Waals surface area contributed by atoms with Gasteiger partial charge in [-0.2, -0.15) is 0 Å². The van der Waals surface area contributed by atoms with E-state index in [1.54, 1.807) is 0 Å². The summed E-state index contributed by atoms with van der Waals surface area (Å²) in [4.78, 5) is 38.2. The lowest BCUT2D eigenvalue weighted by atomic mass is 10.0. The van der Waals surface area contributed by atoms with Gasteiger partial charge in [-0.15, -0.1) is 0 Å².